The van der Waals surface area contributed by atoms with E-state index in [1.54, 1.807) is 0 Å². The first kappa shape index (κ1) is 25.3. The van der Waals surface area contributed by atoms with Crippen LogP contribution in [0.3, 0.4) is 0 Å². The van der Waals surface area contributed by atoms with Gasteiger partial charge in [-0.25, -0.2) is 0 Å². The van der Waals surface area contributed by atoms with Crippen LogP contribution in [0.25, 0.3) is 0 Å². The number of aliphatic hydroxyl groups is 1. The first-order valence-electron chi connectivity index (χ1n) is 14.6. The number of aliphatic hydroxyl groups excluding tert-OH is 1. The summed E-state index contributed by atoms with van der Waals surface area (Å²) in [7, 11) is 0. The molecule has 13 unspecified atom stereocenters. The topological polar surface area (TPSA) is 87.1 Å². The van der Waals surface area contributed by atoms with E-state index in [4.69, 9.17) is 4.74 Å². The van der Waals surface area contributed by atoms with Crippen molar-refractivity contribution in [2.45, 2.75) is 117 Å². The monoisotopic (exact) mass is 501 g/mol. The second kappa shape index (κ2) is 7.79. The van der Waals surface area contributed by atoms with E-state index in [1.165, 1.54) is 0 Å². The zero-order valence-corrected chi connectivity index (χ0v) is 23.1. The average molecular weight is 502 g/mol. The van der Waals surface area contributed by atoms with E-state index in [2.05, 4.69) is 39.5 Å². The predicted molar refractivity (Wildman–Crippen MR) is 136 cm³/mol. The Kier molecular flexibility index (Phi) is 5.47. The normalized spacial score (nSPS) is 58.4. The van der Waals surface area contributed by atoms with Crippen LogP contribution in [0.5, 0.6) is 0 Å². The number of nitrogens with zero attached hydrogens (tertiary/aromatic N) is 1. The second-order valence-corrected chi connectivity index (χ2v) is 15.0. The van der Waals surface area contributed by atoms with Crippen LogP contribution in [0.15, 0.2) is 0 Å². The summed E-state index contributed by atoms with van der Waals surface area (Å²) >= 11 is 0. The molecule has 6 fully saturated rings. The summed E-state index contributed by atoms with van der Waals surface area (Å²) in [5, 5.41) is 21.5. The van der Waals surface area contributed by atoms with E-state index in [9.17, 15) is 19.8 Å². The number of Topliss-reactive ketones (excluding diaryl/α,β-unsaturated/α-hetero) is 1. The number of rotatable bonds is 2. The number of ether oxygens (including phenoxy) is 1. The molecule has 2 bridgehead atoms. The Morgan fingerprint density at radius 2 is 1.78 bits per heavy atom. The van der Waals surface area contributed by atoms with Crippen LogP contribution in [-0.2, 0) is 14.3 Å². The van der Waals surface area contributed by atoms with Gasteiger partial charge >= 0.3 is 5.97 Å². The van der Waals surface area contributed by atoms with Crippen molar-refractivity contribution in [1.82, 2.24) is 4.90 Å². The first-order chi connectivity index (χ1) is 16.8. The highest BCUT2D eigenvalue weighted by atomic mass is 16.5. The first-order valence-corrected chi connectivity index (χ1v) is 14.6. The van der Waals surface area contributed by atoms with Gasteiger partial charge in [0.25, 0.3) is 0 Å². The van der Waals surface area contributed by atoms with Gasteiger partial charge < -0.3 is 14.9 Å². The SMILES string of the molecule is CC1CC(O)C2C(C)C(=O)C3C(C)(CC4N5CC6CC(C)CC5(CCC4(C)C3(C)CC(=O)O)O6)C2C1. The fraction of sp³-hybridized carbons (Fsp3) is 0.933. The molecule has 6 rings (SSSR count). The van der Waals surface area contributed by atoms with E-state index < -0.39 is 17.5 Å². The van der Waals surface area contributed by atoms with Crippen LogP contribution in [0, 0.1) is 51.8 Å². The lowest BCUT2D eigenvalue weighted by atomic mass is 9.34. The summed E-state index contributed by atoms with van der Waals surface area (Å²) in [6.07, 6.45) is 6.46. The fourth-order valence-corrected chi connectivity index (χ4v) is 11.4. The minimum atomic E-state index is -0.799. The number of carboxylic acid groups (broad SMARTS) is 1. The second-order valence-electron chi connectivity index (χ2n) is 15.0. The molecular weight excluding hydrogens is 454 g/mol. The van der Waals surface area contributed by atoms with Crippen LogP contribution in [0.1, 0.15) is 92.9 Å². The minimum Gasteiger partial charge on any atom is -0.481 e. The highest BCUT2D eigenvalue weighted by Crippen LogP contribution is 2.73. The van der Waals surface area contributed by atoms with Gasteiger partial charge in [0.2, 0.25) is 0 Å². The fourth-order valence-electron chi connectivity index (χ4n) is 11.4. The number of ketones is 1. The predicted octanol–water partition coefficient (Wildman–Crippen LogP) is 4.73. The maximum absolute atomic E-state index is 14.4. The van der Waals surface area contributed by atoms with Gasteiger partial charge in [0, 0.05) is 24.4 Å². The number of hydrogen-bond donors (Lipinski definition) is 2. The third-order valence-corrected chi connectivity index (χ3v) is 12.9. The van der Waals surface area contributed by atoms with Crippen LogP contribution in [0.2, 0.25) is 0 Å². The molecule has 1 spiro atoms. The van der Waals surface area contributed by atoms with Crippen molar-refractivity contribution in [1.29, 1.82) is 0 Å². The molecule has 6 nitrogen and oxygen atoms in total. The van der Waals surface area contributed by atoms with Gasteiger partial charge in [-0.15, -0.1) is 0 Å². The molecule has 0 aromatic carbocycles. The molecule has 202 valence electrons. The Morgan fingerprint density at radius 1 is 1.06 bits per heavy atom. The number of carbonyl (C=O) groups excluding carboxylic acids is 1. The highest BCUT2D eigenvalue weighted by Gasteiger charge is 2.74. The molecule has 13 atom stereocenters. The molecule has 0 aromatic rings. The molecule has 0 aromatic heterocycles. The van der Waals surface area contributed by atoms with Gasteiger partial charge in [-0.2, -0.15) is 0 Å². The summed E-state index contributed by atoms with van der Waals surface area (Å²) in [5.41, 5.74) is -1.50. The molecule has 3 aliphatic carbocycles. The number of carboxylic acids is 1. The summed E-state index contributed by atoms with van der Waals surface area (Å²) in [4.78, 5) is 29.5. The van der Waals surface area contributed by atoms with E-state index in [0.29, 0.717) is 11.8 Å². The molecule has 3 aliphatic heterocycles. The van der Waals surface area contributed by atoms with Gasteiger partial charge in [-0.1, -0.05) is 41.5 Å². The van der Waals surface area contributed by atoms with Crippen LogP contribution < -0.4 is 0 Å². The van der Waals surface area contributed by atoms with Gasteiger partial charge in [0.05, 0.1) is 18.6 Å². The Labute approximate surface area is 216 Å². The molecule has 0 radical (unpaired) electrons. The number of aliphatic carboxylic acids is 1. The average Bonchev–Trinajstić information content (AvgIpc) is 3.03. The third kappa shape index (κ3) is 3.07. The van der Waals surface area contributed by atoms with Gasteiger partial charge in [0.1, 0.15) is 11.5 Å². The molecule has 3 saturated heterocycles. The van der Waals surface area contributed by atoms with Crippen LogP contribution in [-0.4, -0.2) is 57.4 Å². The van der Waals surface area contributed by atoms with Crippen molar-refractivity contribution in [3.05, 3.63) is 0 Å². The maximum Gasteiger partial charge on any atom is 0.303 e. The third-order valence-electron chi connectivity index (χ3n) is 12.9. The van der Waals surface area contributed by atoms with E-state index in [0.717, 1.165) is 51.5 Å². The van der Waals surface area contributed by atoms with Crippen molar-refractivity contribution in [2.75, 3.05) is 6.54 Å². The molecule has 3 saturated carbocycles. The van der Waals surface area contributed by atoms with E-state index >= 15 is 0 Å². The molecule has 2 N–H and O–H groups in total. The lowest BCUT2D eigenvalue weighted by molar-refractivity contribution is -0.269. The number of hydrogen-bond acceptors (Lipinski definition) is 5. The lowest BCUT2D eigenvalue weighted by Gasteiger charge is -2.72. The van der Waals surface area contributed by atoms with Crippen molar-refractivity contribution in [3.63, 3.8) is 0 Å². The number of piperidine rings is 1. The summed E-state index contributed by atoms with van der Waals surface area (Å²) < 4.78 is 6.75. The molecular formula is C30H47NO5. The Hall–Kier alpha value is -0.980. The Balaban J connectivity index is 1.51. The zero-order valence-electron chi connectivity index (χ0n) is 23.1. The van der Waals surface area contributed by atoms with E-state index in [1.807, 2.05) is 6.92 Å². The van der Waals surface area contributed by atoms with Crippen molar-refractivity contribution in [2.24, 2.45) is 51.8 Å². The van der Waals surface area contributed by atoms with Crippen molar-refractivity contribution >= 4 is 11.8 Å². The molecule has 6 heteroatoms. The quantitative estimate of drug-likeness (QED) is 0.569. The summed E-state index contributed by atoms with van der Waals surface area (Å²) in [6.45, 7) is 14.3. The Morgan fingerprint density at radius 3 is 2.47 bits per heavy atom. The molecule has 36 heavy (non-hydrogen) atoms. The number of fused-ring (bicyclic) bond motifs is 6. The highest BCUT2D eigenvalue weighted by molar-refractivity contribution is 5.87. The van der Waals surface area contributed by atoms with Crippen LogP contribution in [0.4, 0.5) is 0 Å². The molecule has 0 amide bonds. The smallest absolute Gasteiger partial charge is 0.303 e. The minimum absolute atomic E-state index is 0.0236. The van der Waals surface area contributed by atoms with Gasteiger partial charge in [-0.3, -0.25) is 14.5 Å². The zero-order chi connectivity index (χ0) is 26.0. The largest absolute Gasteiger partial charge is 0.481 e. The molecule has 3 heterocycles. The van der Waals surface area contributed by atoms with Crippen molar-refractivity contribution in [3.8, 4) is 0 Å². The van der Waals surface area contributed by atoms with Crippen LogP contribution >= 0.6 is 0 Å². The molecule has 6 aliphatic rings. The van der Waals surface area contributed by atoms with E-state index in [-0.39, 0.29) is 64.6 Å². The van der Waals surface area contributed by atoms with Gasteiger partial charge in [0.15, 0.2) is 0 Å². The summed E-state index contributed by atoms with van der Waals surface area (Å²) in [5.74, 6) is 0.123. The van der Waals surface area contributed by atoms with Gasteiger partial charge in [-0.05, 0) is 84.9 Å². The summed E-state index contributed by atoms with van der Waals surface area (Å²) in [6, 6.07) is 0.184. The Bertz CT molecular complexity index is 969. The van der Waals surface area contributed by atoms with Crippen molar-refractivity contribution < 1.29 is 24.5 Å². The standard InChI is InChI=1S/C30H47NO5/c1-16-10-20-24(21(32)11-16)18(3)25(35)26-27(20,4)13-22-28(5,29(26,6)14-23(33)34)7-8-30-12-17(2)9-19(36-30)15-31(22)30/h16-22,24,26,32H,7-15H2,1-6H3,(H,33,34). The maximum atomic E-state index is 14.4. The lowest BCUT2D eigenvalue weighted by Crippen LogP contribution is -2.75. The number of carbonyl (C=O) groups is 2.